The molecule has 3 rings (SSSR count). The monoisotopic (exact) mass is 416 g/mol. The molecule has 1 aromatic carbocycles. The molecule has 0 aliphatic rings. The first-order valence-electron chi connectivity index (χ1n) is 6.90. The van der Waals surface area contributed by atoms with Gasteiger partial charge in [0.05, 0.1) is 17.7 Å². The minimum absolute atomic E-state index is 0.0878. The van der Waals surface area contributed by atoms with E-state index in [0.717, 1.165) is 22.7 Å². The minimum Gasteiger partial charge on any atom is -0.345 e. The van der Waals surface area contributed by atoms with Crippen molar-refractivity contribution in [3.05, 3.63) is 63.8 Å². The van der Waals surface area contributed by atoms with Crippen LogP contribution in [0.4, 0.5) is 17.6 Å². The summed E-state index contributed by atoms with van der Waals surface area (Å²) < 4.78 is 53.7. The molecule has 2 heterocycles. The molecule has 1 amide bonds. The molecule has 0 spiro atoms. The fourth-order valence-corrected chi connectivity index (χ4v) is 2.51. The second-order valence-electron chi connectivity index (χ2n) is 5.07. The van der Waals surface area contributed by atoms with Crippen molar-refractivity contribution in [1.29, 1.82) is 0 Å². The molecular weight excluding hydrogens is 408 g/mol. The van der Waals surface area contributed by atoms with Gasteiger partial charge >= 0.3 is 6.18 Å². The zero-order valence-electron chi connectivity index (χ0n) is 12.3. The molecule has 0 fully saturated rings. The number of pyridine rings is 1. The van der Waals surface area contributed by atoms with E-state index in [0.29, 0.717) is 4.47 Å². The van der Waals surface area contributed by atoms with Crippen LogP contribution in [0.2, 0.25) is 0 Å². The van der Waals surface area contributed by atoms with E-state index in [9.17, 15) is 22.4 Å². The highest BCUT2D eigenvalue weighted by molar-refractivity contribution is 9.10. The fraction of sp³-hybridized carbons (Fsp3) is 0.133. The second kappa shape index (κ2) is 6.43. The summed E-state index contributed by atoms with van der Waals surface area (Å²) in [5.74, 6) is -1.35. The Morgan fingerprint density at radius 2 is 1.96 bits per heavy atom. The summed E-state index contributed by atoms with van der Waals surface area (Å²) in [5.41, 5.74) is -0.865. The number of hydrogen-bond donors (Lipinski definition) is 1. The lowest BCUT2D eigenvalue weighted by Crippen LogP contribution is -2.25. The lowest BCUT2D eigenvalue weighted by molar-refractivity contribution is -0.137. The van der Waals surface area contributed by atoms with Crippen molar-refractivity contribution >= 4 is 27.5 Å². The molecule has 130 valence electrons. The molecule has 0 saturated carbocycles. The predicted molar refractivity (Wildman–Crippen MR) is 83.3 cm³/mol. The van der Waals surface area contributed by atoms with Crippen molar-refractivity contribution in [2.45, 2.75) is 12.7 Å². The van der Waals surface area contributed by atoms with Gasteiger partial charge in [-0.15, -0.1) is 10.2 Å². The molecule has 25 heavy (non-hydrogen) atoms. The van der Waals surface area contributed by atoms with E-state index >= 15 is 0 Å². The number of nitrogens with zero attached hydrogens (tertiary/aromatic N) is 3. The lowest BCUT2D eigenvalue weighted by atomic mass is 10.2. The maximum Gasteiger partial charge on any atom is 0.417 e. The number of rotatable bonds is 3. The van der Waals surface area contributed by atoms with Crippen LogP contribution < -0.4 is 5.32 Å². The highest BCUT2D eigenvalue weighted by Crippen LogP contribution is 2.29. The van der Waals surface area contributed by atoms with Crippen molar-refractivity contribution < 1.29 is 22.4 Å². The van der Waals surface area contributed by atoms with Crippen LogP contribution in [0.3, 0.4) is 0 Å². The maximum atomic E-state index is 13.7. The summed E-state index contributed by atoms with van der Waals surface area (Å²) in [4.78, 5) is 12.1. The molecule has 0 unspecified atom stereocenters. The van der Waals surface area contributed by atoms with Gasteiger partial charge in [0.2, 0.25) is 0 Å². The number of fused-ring (bicyclic) bond motifs is 1. The van der Waals surface area contributed by atoms with Crippen LogP contribution in [0.1, 0.15) is 21.7 Å². The standard InChI is InChI=1S/C15H9BrF4N4O/c16-9-2-3-11(17)10(5-9)14(25)21-6-13-23-22-12-4-1-8(7-24(12)13)15(18,19)20/h1-5,7H,6H2,(H,21,25). The van der Waals surface area contributed by atoms with Gasteiger partial charge in [0.1, 0.15) is 5.82 Å². The molecule has 2 aromatic heterocycles. The Labute approximate surface area is 146 Å². The van der Waals surface area contributed by atoms with Crippen LogP contribution in [0.5, 0.6) is 0 Å². The zero-order chi connectivity index (χ0) is 18.2. The summed E-state index contributed by atoms with van der Waals surface area (Å²) in [6.45, 7) is -0.215. The lowest BCUT2D eigenvalue weighted by Gasteiger charge is -2.08. The molecule has 0 aliphatic heterocycles. The molecule has 0 bridgehead atoms. The molecule has 1 N–H and O–H groups in total. The summed E-state index contributed by atoms with van der Waals surface area (Å²) in [6, 6.07) is 5.94. The van der Waals surface area contributed by atoms with Crippen LogP contribution in [0.15, 0.2) is 41.0 Å². The van der Waals surface area contributed by atoms with Gasteiger partial charge in [-0.05, 0) is 30.3 Å². The van der Waals surface area contributed by atoms with Crippen molar-refractivity contribution in [3.63, 3.8) is 0 Å². The highest BCUT2D eigenvalue weighted by atomic mass is 79.9. The Balaban J connectivity index is 1.83. The van der Waals surface area contributed by atoms with Gasteiger partial charge in [0, 0.05) is 10.7 Å². The van der Waals surface area contributed by atoms with E-state index in [4.69, 9.17) is 0 Å². The molecule has 0 saturated heterocycles. The van der Waals surface area contributed by atoms with Crippen molar-refractivity contribution in [2.24, 2.45) is 0 Å². The van der Waals surface area contributed by atoms with Gasteiger partial charge in [-0.25, -0.2) is 4.39 Å². The number of benzene rings is 1. The average Bonchev–Trinajstić information content (AvgIpc) is 2.96. The smallest absolute Gasteiger partial charge is 0.345 e. The van der Waals surface area contributed by atoms with E-state index in [1.165, 1.54) is 18.2 Å². The third-order valence-electron chi connectivity index (χ3n) is 3.38. The summed E-state index contributed by atoms with van der Waals surface area (Å²) in [6.07, 6.45) is -3.67. The van der Waals surface area contributed by atoms with Crippen LogP contribution in [0.25, 0.3) is 5.65 Å². The Hall–Kier alpha value is -2.49. The molecule has 5 nitrogen and oxygen atoms in total. The van der Waals surface area contributed by atoms with Gasteiger partial charge in [-0.3, -0.25) is 9.20 Å². The third kappa shape index (κ3) is 3.63. The average molecular weight is 417 g/mol. The Bertz CT molecular complexity index is 954. The fourth-order valence-electron chi connectivity index (χ4n) is 2.15. The minimum atomic E-state index is -4.52. The summed E-state index contributed by atoms with van der Waals surface area (Å²) in [5, 5.41) is 9.90. The maximum absolute atomic E-state index is 13.7. The Kier molecular flexibility index (Phi) is 4.46. The van der Waals surface area contributed by atoms with Gasteiger partial charge in [-0.1, -0.05) is 15.9 Å². The number of carbonyl (C=O) groups excluding carboxylic acids is 1. The van der Waals surface area contributed by atoms with Crippen molar-refractivity contribution in [1.82, 2.24) is 19.9 Å². The van der Waals surface area contributed by atoms with E-state index in [2.05, 4.69) is 31.4 Å². The number of halogens is 5. The van der Waals surface area contributed by atoms with Crippen LogP contribution >= 0.6 is 15.9 Å². The highest BCUT2D eigenvalue weighted by Gasteiger charge is 2.31. The third-order valence-corrected chi connectivity index (χ3v) is 3.87. The number of carbonyl (C=O) groups is 1. The topological polar surface area (TPSA) is 59.3 Å². The van der Waals surface area contributed by atoms with E-state index in [1.54, 1.807) is 0 Å². The molecular formula is C15H9BrF4N4O. The van der Waals surface area contributed by atoms with Crippen molar-refractivity contribution in [2.75, 3.05) is 0 Å². The SMILES string of the molecule is O=C(NCc1nnc2ccc(C(F)(F)F)cn12)c1cc(Br)ccc1F. The number of aromatic nitrogens is 3. The molecule has 0 atom stereocenters. The number of hydrogen-bond acceptors (Lipinski definition) is 3. The second-order valence-corrected chi connectivity index (χ2v) is 5.98. The first-order valence-corrected chi connectivity index (χ1v) is 7.69. The molecule has 0 radical (unpaired) electrons. The number of alkyl halides is 3. The summed E-state index contributed by atoms with van der Waals surface area (Å²) >= 11 is 3.13. The Morgan fingerprint density at radius 1 is 1.20 bits per heavy atom. The van der Waals surface area contributed by atoms with Gasteiger partial charge < -0.3 is 5.32 Å². The van der Waals surface area contributed by atoms with Gasteiger partial charge in [0.25, 0.3) is 5.91 Å². The van der Waals surface area contributed by atoms with E-state index < -0.39 is 23.5 Å². The molecule has 3 aromatic rings. The summed E-state index contributed by atoms with van der Waals surface area (Å²) in [7, 11) is 0. The predicted octanol–water partition coefficient (Wildman–Crippen LogP) is 3.58. The largest absolute Gasteiger partial charge is 0.417 e. The van der Waals surface area contributed by atoms with Crippen molar-refractivity contribution in [3.8, 4) is 0 Å². The first kappa shape index (κ1) is 17.3. The Morgan fingerprint density at radius 3 is 2.68 bits per heavy atom. The first-order chi connectivity index (χ1) is 11.8. The van der Waals surface area contributed by atoms with Gasteiger partial charge in [-0.2, -0.15) is 13.2 Å². The van der Waals surface area contributed by atoms with Crippen LogP contribution in [-0.2, 0) is 12.7 Å². The molecule has 10 heteroatoms. The van der Waals surface area contributed by atoms with E-state index in [-0.39, 0.29) is 23.6 Å². The van der Waals surface area contributed by atoms with Crippen LogP contribution in [-0.4, -0.2) is 20.5 Å². The zero-order valence-corrected chi connectivity index (χ0v) is 13.9. The normalized spacial score (nSPS) is 11.7. The number of amides is 1. The number of nitrogens with one attached hydrogen (secondary N) is 1. The van der Waals surface area contributed by atoms with E-state index in [1.807, 2.05) is 0 Å². The van der Waals surface area contributed by atoms with Crippen LogP contribution in [0, 0.1) is 5.82 Å². The van der Waals surface area contributed by atoms with Gasteiger partial charge in [0.15, 0.2) is 11.5 Å². The quantitative estimate of drug-likeness (QED) is 0.663. The molecule has 0 aliphatic carbocycles.